The van der Waals surface area contributed by atoms with Gasteiger partial charge in [-0.2, -0.15) is 0 Å². The van der Waals surface area contributed by atoms with Crippen molar-refractivity contribution in [2.75, 3.05) is 13.2 Å². The number of aliphatic hydroxyl groups excluding tert-OH is 2. The van der Waals surface area contributed by atoms with Gasteiger partial charge in [0.25, 0.3) is 0 Å². The van der Waals surface area contributed by atoms with E-state index in [1.54, 1.807) is 0 Å². The molecule has 9 heteroatoms. The van der Waals surface area contributed by atoms with Crippen LogP contribution in [0.3, 0.4) is 0 Å². The highest BCUT2D eigenvalue weighted by molar-refractivity contribution is 5.82. The lowest BCUT2D eigenvalue weighted by Crippen LogP contribution is -2.48. The van der Waals surface area contributed by atoms with E-state index in [2.05, 4.69) is 5.32 Å². The van der Waals surface area contributed by atoms with Crippen molar-refractivity contribution in [3.05, 3.63) is 0 Å². The number of hydrogen-bond donors (Lipinski definition) is 5. The molecule has 0 aliphatic heterocycles. The number of carbonyl (C=O) groups is 3. The Bertz CT molecular complexity index is 409. The molecule has 0 aliphatic carbocycles. The maximum absolute atomic E-state index is 11.7. The Morgan fingerprint density at radius 1 is 1.27 bits per heavy atom. The Balaban J connectivity index is 4.43. The highest BCUT2D eigenvalue weighted by atomic mass is 16.5. The van der Waals surface area contributed by atoms with Crippen molar-refractivity contribution in [3.63, 3.8) is 0 Å². The van der Waals surface area contributed by atoms with Crippen LogP contribution < -0.4 is 11.1 Å². The predicted octanol–water partition coefficient (Wildman–Crippen LogP) is -1.78. The number of aliphatic hydroxyl groups is 2. The van der Waals surface area contributed by atoms with Crippen LogP contribution in [0.25, 0.3) is 0 Å². The zero-order chi connectivity index (χ0) is 17.5. The van der Waals surface area contributed by atoms with Crippen LogP contribution in [0.5, 0.6) is 0 Å². The van der Waals surface area contributed by atoms with E-state index in [4.69, 9.17) is 15.6 Å². The highest BCUT2D eigenvalue weighted by Gasteiger charge is 2.35. The number of esters is 1. The maximum Gasteiger partial charge on any atom is 0.325 e. The van der Waals surface area contributed by atoms with Crippen LogP contribution in [-0.4, -0.2) is 64.6 Å². The molecule has 0 bridgehead atoms. The van der Waals surface area contributed by atoms with Crippen LogP contribution in [0, 0.1) is 5.41 Å². The number of ether oxygens (including phenoxy) is 1. The van der Waals surface area contributed by atoms with Gasteiger partial charge in [0.2, 0.25) is 5.91 Å². The number of hydrogen-bond acceptors (Lipinski definition) is 7. The monoisotopic (exact) mass is 320 g/mol. The van der Waals surface area contributed by atoms with E-state index in [-0.39, 0.29) is 19.6 Å². The van der Waals surface area contributed by atoms with E-state index in [1.165, 1.54) is 20.8 Å². The lowest BCUT2D eigenvalue weighted by molar-refractivity contribution is -0.156. The first-order valence-corrected chi connectivity index (χ1v) is 6.77. The maximum atomic E-state index is 11.7. The molecule has 0 saturated heterocycles. The SMILES string of the molecule is C[C@@H](O)[C@H](N)C(=O)OCC(C)(C)C(O)C(=O)NCCC(=O)O. The highest BCUT2D eigenvalue weighted by Crippen LogP contribution is 2.21. The first-order valence-electron chi connectivity index (χ1n) is 6.77. The minimum absolute atomic E-state index is 0.117. The summed E-state index contributed by atoms with van der Waals surface area (Å²) in [7, 11) is 0. The number of nitrogens with two attached hydrogens (primary N) is 1. The molecule has 3 atom stereocenters. The van der Waals surface area contributed by atoms with Crippen LogP contribution in [0.2, 0.25) is 0 Å². The van der Waals surface area contributed by atoms with Crippen molar-refractivity contribution < 1.29 is 34.4 Å². The van der Waals surface area contributed by atoms with Crippen molar-refractivity contribution in [2.45, 2.75) is 45.4 Å². The Kier molecular flexibility index (Phi) is 7.99. The molecular weight excluding hydrogens is 296 g/mol. The van der Waals surface area contributed by atoms with Gasteiger partial charge in [-0.3, -0.25) is 14.4 Å². The fourth-order valence-electron chi connectivity index (χ4n) is 1.37. The molecule has 0 aromatic heterocycles. The van der Waals surface area contributed by atoms with Gasteiger partial charge in [-0.1, -0.05) is 13.8 Å². The summed E-state index contributed by atoms with van der Waals surface area (Å²) in [5.41, 5.74) is 4.29. The average Bonchev–Trinajstić information content (AvgIpc) is 2.42. The van der Waals surface area contributed by atoms with Crippen LogP contribution in [0.1, 0.15) is 27.2 Å². The van der Waals surface area contributed by atoms with E-state index < -0.39 is 41.5 Å². The Labute approximate surface area is 128 Å². The molecule has 0 fully saturated rings. The standard InChI is InChI=1S/C13H24N2O7/c1-7(16)9(14)12(21)22-6-13(2,3)10(19)11(20)15-5-4-8(17)18/h7,9-10,16,19H,4-6,14H2,1-3H3,(H,15,20)(H,17,18)/t7-,9+,10?/m1/s1. The van der Waals surface area contributed by atoms with Gasteiger partial charge in [0, 0.05) is 12.0 Å². The van der Waals surface area contributed by atoms with E-state index in [9.17, 15) is 24.6 Å². The minimum Gasteiger partial charge on any atom is -0.481 e. The lowest BCUT2D eigenvalue weighted by Gasteiger charge is -2.29. The smallest absolute Gasteiger partial charge is 0.325 e. The first kappa shape index (κ1) is 20.3. The number of rotatable bonds is 9. The van der Waals surface area contributed by atoms with Crippen molar-refractivity contribution in [2.24, 2.45) is 11.1 Å². The quantitative estimate of drug-likeness (QED) is 0.312. The second-order valence-corrected chi connectivity index (χ2v) is 5.70. The van der Waals surface area contributed by atoms with Crippen molar-refractivity contribution in [3.8, 4) is 0 Å². The molecule has 9 nitrogen and oxygen atoms in total. The van der Waals surface area contributed by atoms with Gasteiger partial charge < -0.3 is 31.1 Å². The molecule has 0 spiro atoms. The second kappa shape index (κ2) is 8.66. The molecule has 1 unspecified atom stereocenters. The van der Waals surface area contributed by atoms with E-state index in [1.807, 2.05) is 0 Å². The molecule has 0 radical (unpaired) electrons. The molecule has 0 aromatic carbocycles. The molecule has 0 rings (SSSR count). The topological polar surface area (TPSA) is 159 Å². The van der Waals surface area contributed by atoms with Crippen LogP contribution >= 0.6 is 0 Å². The molecular formula is C13H24N2O7. The molecule has 22 heavy (non-hydrogen) atoms. The van der Waals surface area contributed by atoms with Gasteiger partial charge in [0.05, 0.1) is 19.1 Å². The van der Waals surface area contributed by atoms with Crippen LogP contribution in [-0.2, 0) is 19.1 Å². The molecule has 0 aliphatic rings. The number of carboxylic acids is 1. The zero-order valence-electron chi connectivity index (χ0n) is 12.9. The summed E-state index contributed by atoms with van der Waals surface area (Å²) in [6, 6.07) is -1.21. The fourth-order valence-corrected chi connectivity index (χ4v) is 1.37. The van der Waals surface area contributed by atoms with Gasteiger partial charge in [0.15, 0.2) is 0 Å². The summed E-state index contributed by atoms with van der Waals surface area (Å²) >= 11 is 0. The van der Waals surface area contributed by atoms with E-state index in [0.29, 0.717) is 0 Å². The summed E-state index contributed by atoms with van der Waals surface area (Å²) in [4.78, 5) is 33.6. The van der Waals surface area contributed by atoms with Crippen molar-refractivity contribution in [1.29, 1.82) is 0 Å². The number of carboxylic acid groups (broad SMARTS) is 1. The number of amides is 1. The zero-order valence-corrected chi connectivity index (χ0v) is 12.9. The third kappa shape index (κ3) is 6.83. The van der Waals surface area contributed by atoms with Gasteiger partial charge in [-0.15, -0.1) is 0 Å². The van der Waals surface area contributed by atoms with Crippen molar-refractivity contribution >= 4 is 17.8 Å². The summed E-state index contributed by atoms with van der Waals surface area (Å²) in [5.74, 6) is -2.68. The predicted molar refractivity (Wildman–Crippen MR) is 75.7 cm³/mol. The molecule has 1 amide bonds. The minimum atomic E-state index is -1.50. The van der Waals surface area contributed by atoms with Crippen LogP contribution in [0.15, 0.2) is 0 Å². The normalized spacial score (nSPS) is 15.5. The third-order valence-corrected chi connectivity index (χ3v) is 3.00. The van der Waals surface area contributed by atoms with Crippen LogP contribution in [0.4, 0.5) is 0 Å². The van der Waals surface area contributed by atoms with Gasteiger partial charge in [0.1, 0.15) is 12.1 Å². The largest absolute Gasteiger partial charge is 0.481 e. The number of carbonyl (C=O) groups excluding carboxylic acids is 2. The molecule has 0 heterocycles. The summed E-state index contributed by atoms with van der Waals surface area (Å²) in [6.07, 6.45) is -2.85. The summed E-state index contributed by atoms with van der Waals surface area (Å²) in [6.45, 7) is 3.92. The molecule has 128 valence electrons. The third-order valence-electron chi connectivity index (χ3n) is 3.00. The Hall–Kier alpha value is -1.71. The van der Waals surface area contributed by atoms with E-state index >= 15 is 0 Å². The molecule has 0 aromatic rings. The second-order valence-electron chi connectivity index (χ2n) is 5.70. The summed E-state index contributed by atoms with van der Waals surface area (Å²) < 4.78 is 4.89. The number of aliphatic carboxylic acids is 1. The Morgan fingerprint density at radius 3 is 2.27 bits per heavy atom. The first-order chi connectivity index (χ1) is 9.99. The fraction of sp³-hybridized carbons (Fsp3) is 0.769. The van der Waals surface area contributed by atoms with Gasteiger partial charge >= 0.3 is 11.9 Å². The summed E-state index contributed by atoms with van der Waals surface area (Å²) in [5, 5.41) is 29.8. The van der Waals surface area contributed by atoms with E-state index in [0.717, 1.165) is 0 Å². The number of nitrogens with one attached hydrogen (secondary N) is 1. The van der Waals surface area contributed by atoms with Crippen molar-refractivity contribution in [1.82, 2.24) is 5.32 Å². The van der Waals surface area contributed by atoms with Gasteiger partial charge in [-0.25, -0.2) is 0 Å². The molecule has 0 saturated carbocycles. The lowest BCUT2D eigenvalue weighted by atomic mass is 9.87. The Morgan fingerprint density at radius 2 is 1.82 bits per heavy atom. The average molecular weight is 320 g/mol. The molecule has 6 N–H and O–H groups in total. The van der Waals surface area contributed by atoms with Gasteiger partial charge in [-0.05, 0) is 6.92 Å².